The van der Waals surface area contributed by atoms with E-state index in [0.29, 0.717) is 6.42 Å². The summed E-state index contributed by atoms with van der Waals surface area (Å²) in [4.78, 5) is 0. The summed E-state index contributed by atoms with van der Waals surface area (Å²) in [5.74, 6) is 3.31. The Hall–Kier alpha value is -5.18. The van der Waals surface area contributed by atoms with Crippen molar-refractivity contribution in [2.45, 2.75) is 99.7 Å². The Bertz CT molecular complexity index is 2250. The second kappa shape index (κ2) is 25.5. The van der Waals surface area contributed by atoms with E-state index in [1.54, 1.807) is 13.8 Å². The van der Waals surface area contributed by atoms with Crippen LogP contribution in [0.15, 0.2) is 164 Å². The first-order valence-corrected chi connectivity index (χ1v) is 20.8. The van der Waals surface area contributed by atoms with Gasteiger partial charge in [-0.2, -0.15) is 5.10 Å². The maximum atomic E-state index is 8.56. The third-order valence-electron chi connectivity index (χ3n) is 10.0. The van der Waals surface area contributed by atoms with Crippen molar-refractivity contribution < 1.29 is 50.4 Å². The molecule has 0 aliphatic rings. The molecule has 8 aromatic rings. The molecular formula is C55H65Ir2N6O2-. The summed E-state index contributed by atoms with van der Waals surface area (Å²) in [6.45, 7) is 16.7. The van der Waals surface area contributed by atoms with Crippen LogP contribution in [0.2, 0.25) is 0 Å². The number of hydrogen-bond donors (Lipinski definition) is 2. The zero-order valence-electron chi connectivity index (χ0n) is 37.2. The van der Waals surface area contributed by atoms with Gasteiger partial charge in [0.15, 0.2) is 17.5 Å². The van der Waals surface area contributed by atoms with Crippen LogP contribution in [0.5, 0.6) is 0 Å². The monoisotopic (exact) mass is 1230 g/mol. The summed E-state index contributed by atoms with van der Waals surface area (Å²) in [5, 5.41) is 35.2. The van der Waals surface area contributed by atoms with Gasteiger partial charge in [0.2, 0.25) is 0 Å². The maximum Gasteiger partial charge on any atom is 0.168 e. The summed E-state index contributed by atoms with van der Waals surface area (Å²) in [7, 11) is 0. The minimum absolute atomic E-state index is 0. The van der Waals surface area contributed by atoms with Crippen LogP contribution < -0.4 is 0 Å². The van der Waals surface area contributed by atoms with Crippen molar-refractivity contribution in [1.29, 1.82) is 0 Å². The number of nitrogens with zero attached hydrogens (tertiary/aromatic N) is 6. The third-order valence-corrected chi connectivity index (χ3v) is 10.0. The van der Waals surface area contributed by atoms with E-state index >= 15 is 0 Å². The number of aliphatic hydroxyl groups excluding tert-OH is 2. The zero-order valence-corrected chi connectivity index (χ0v) is 42.0. The molecule has 346 valence electrons. The van der Waals surface area contributed by atoms with E-state index in [4.69, 9.17) is 10.2 Å². The number of rotatable bonds is 8. The average Bonchev–Trinajstić information content (AvgIpc) is 3.91. The van der Waals surface area contributed by atoms with Crippen molar-refractivity contribution in [2.75, 3.05) is 0 Å². The van der Waals surface area contributed by atoms with Crippen LogP contribution in [-0.4, -0.2) is 51.9 Å². The Kier molecular flexibility index (Phi) is 21.9. The van der Waals surface area contributed by atoms with Gasteiger partial charge in [-0.3, -0.25) is 4.57 Å². The molecule has 0 amide bonds. The molecule has 2 unspecified atom stereocenters. The first-order valence-electron chi connectivity index (χ1n) is 20.8. The summed E-state index contributed by atoms with van der Waals surface area (Å²) < 4.78 is 4.24. The molecule has 6 aromatic carbocycles. The Balaban J connectivity index is 0.000000370. The van der Waals surface area contributed by atoms with Crippen LogP contribution in [0.4, 0.5) is 0 Å². The van der Waals surface area contributed by atoms with Gasteiger partial charge in [-0.05, 0) is 66.5 Å². The molecule has 0 spiro atoms. The molecule has 2 aromatic heterocycles. The maximum absolute atomic E-state index is 8.56. The number of benzene rings is 6. The minimum Gasteiger partial charge on any atom is -0.393 e. The van der Waals surface area contributed by atoms with E-state index in [2.05, 4.69) is 162 Å². The molecular weight excluding hydrogens is 1160 g/mol. The average molecular weight is 1230 g/mol. The van der Waals surface area contributed by atoms with Crippen LogP contribution in [0.1, 0.15) is 87.8 Å². The van der Waals surface area contributed by atoms with E-state index < -0.39 is 0 Å². The van der Waals surface area contributed by atoms with Gasteiger partial charge in [-0.25, -0.2) is 0 Å². The fourth-order valence-corrected chi connectivity index (χ4v) is 6.80. The smallest absolute Gasteiger partial charge is 0.168 e. The van der Waals surface area contributed by atoms with E-state index in [-0.39, 0.29) is 78.1 Å². The zero-order chi connectivity index (χ0) is 43.6. The van der Waals surface area contributed by atoms with Crippen LogP contribution in [0.3, 0.4) is 0 Å². The van der Waals surface area contributed by atoms with Gasteiger partial charge in [0, 0.05) is 68.3 Å². The van der Waals surface area contributed by atoms with Crippen LogP contribution >= 0.6 is 0 Å². The van der Waals surface area contributed by atoms with Crippen molar-refractivity contribution >= 4 is 0 Å². The second-order valence-electron chi connectivity index (χ2n) is 17.3. The summed E-state index contributed by atoms with van der Waals surface area (Å²) >= 11 is 0. The molecule has 2 heterocycles. The molecule has 0 bridgehead atoms. The number of aliphatic hydroxyl groups is 2. The van der Waals surface area contributed by atoms with E-state index in [1.807, 2.05) is 78.9 Å². The topological polar surface area (TPSA) is 102 Å². The van der Waals surface area contributed by atoms with Gasteiger partial charge in [0.1, 0.15) is 0 Å². The van der Waals surface area contributed by atoms with Gasteiger partial charge in [0.25, 0.3) is 0 Å². The molecule has 10 heteroatoms. The van der Waals surface area contributed by atoms with Crippen molar-refractivity contribution in [3.8, 4) is 56.9 Å². The number of aromatic nitrogens is 6. The first-order chi connectivity index (χ1) is 29.2. The summed E-state index contributed by atoms with van der Waals surface area (Å²) in [5.41, 5.74) is 9.00. The molecule has 0 saturated heterocycles. The standard InChI is InChI=1S/C24H23N3.C24H22N3.C5H12O2.2CH4.2Ir/c2*1-24(2,3)20-14-16-21(17-15-20)27-22(18-10-6-4-7-11-18)25-26-23(27)19-12-8-5-9-13-19;1-4(6)3-5(2)7;;;;/h4-17H,1-3H3;4-12,14-17H,1-3H3;4-7H,3H2,1-2H3;2*1H4;;/q;-1;;;;;. The first kappa shape index (κ1) is 55.9. The molecule has 0 fully saturated rings. The molecule has 2 N–H and O–H groups in total. The molecule has 8 nitrogen and oxygen atoms in total. The van der Waals surface area contributed by atoms with Crippen molar-refractivity contribution in [3.63, 3.8) is 0 Å². The van der Waals surface area contributed by atoms with E-state index in [0.717, 1.165) is 56.9 Å². The van der Waals surface area contributed by atoms with Crippen molar-refractivity contribution in [2.24, 2.45) is 0 Å². The molecule has 65 heavy (non-hydrogen) atoms. The van der Waals surface area contributed by atoms with Crippen LogP contribution in [0.25, 0.3) is 56.9 Å². The summed E-state index contributed by atoms with van der Waals surface area (Å²) in [6, 6.07) is 59.1. The minimum atomic E-state index is -0.375. The third kappa shape index (κ3) is 14.9. The second-order valence-corrected chi connectivity index (χ2v) is 17.3. The van der Waals surface area contributed by atoms with E-state index in [9.17, 15) is 0 Å². The predicted octanol–water partition coefficient (Wildman–Crippen LogP) is 13.0. The largest absolute Gasteiger partial charge is 0.393 e. The summed E-state index contributed by atoms with van der Waals surface area (Å²) in [6.07, 6.45) is -0.278. The molecule has 2 atom stereocenters. The number of hydrogen-bond acceptors (Lipinski definition) is 6. The van der Waals surface area contributed by atoms with Crippen LogP contribution in [0, 0.1) is 6.07 Å². The van der Waals surface area contributed by atoms with Crippen LogP contribution in [-0.2, 0) is 51.0 Å². The SMILES string of the molecule is C.C.CC(C)(C)c1ccc(-n2c(-c3[c-]cccc3)nnc2-c2ccccc2)cc1.CC(C)(C)c1ccc(-n2c(-c3ccccc3)nnc2-c2ccccc2)cc1.CC(O)CC(C)O.[Ir].[Ir]. The fourth-order valence-electron chi connectivity index (χ4n) is 6.80. The van der Waals surface area contributed by atoms with Gasteiger partial charge in [-0.1, -0.05) is 172 Å². The quantitative estimate of drug-likeness (QED) is 0.147. The van der Waals surface area contributed by atoms with Crippen molar-refractivity contribution in [3.05, 3.63) is 181 Å². The van der Waals surface area contributed by atoms with Crippen molar-refractivity contribution in [1.82, 2.24) is 29.5 Å². The van der Waals surface area contributed by atoms with Gasteiger partial charge in [-0.15, -0.1) is 51.2 Å². The molecule has 8 rings (SSSR count). The Morgan fingerprint density at radius 1 is 0.446 bits per heavy atom. The predicted molar refractivity (Wildman–Crippen MR) is 262 cm³/mol. The van der Waals surface area contributed by atoms with E-state index in [1.165, 1.54) is 11.1 Å². The molecule has 0 saturated carbocycles. The molecule has 0 aliphatic heterocycles. The Morgan fingerprint density at radius 2 is 0.754 bits per heavy atom. The fraction of sp³-hybridized carbons (Fsp3) is 0.273. The van der Waals surface area contributed by atoms with Gasteiger partial charge in [0.05, 0.1) is 18.0 Å². The normalized spacial score (nSPS) is 11.6. The van der Waals surface area contributed by atoms with Gasteiger partial charge < -0.3 is 14.8 Å². The van der Waals surface area contributed by atoms with Gasteiger partial charge >= 0.3 is 0 Å². The molecule has 2 radical (unpaired) electrons. The molecule has 0 aliphatic carbocycles. The Morgan fingerprint density at radius 3 is 1.03 bits per heavy atom. The Labute approximate surface area is 415 Å².